The van der Waals surface area contributed by atoms with E-state index in [1.807, 2.05) is 11.3 Å². The van der Waals surface area contributed by atoms with Crippen LogP contribution in [0.15, 0.2) is 11.4 Å². The second kappa shape index (κ2) is 2.86. The maximum Gasteiger partial charge on any atom is 0.0535 e. The zero-order valence-corrected chi connectivity index (χ0v) is 8.16. The lowest BCUT2D eigenvalue weighted by molar-refractivity contribution is 0.256. The maximum atomic E-state index is 9.25. The van der Waals surface area contributed by atoms with Crippen molar-refractivity contribution < 1.29 is 5.11 Å². The van der Waals surface area contributed by atoms with Gasteiger partial charge in [0.1, 0.15) is 0 Å². The van der Waals surface area contributed by atoms with Gasteiger partial charge in [-0.15, -0.1) is 11.3 Å². The first-order valence-electron chi connectivity index (χ1n) is 4.50. The first-order valence-corrected chi connectivity index (χ1v) is 5.38. The number of rotatable bonds is 3. The van der Waals surface area contributed by atoms with Crippen LogP contribution in [0.1, 0.15) is 30.2 Å². The third-order valence-corrected chi connectivity index (χ3v) is 3.97. The number of aryl methyl sites for hydroxylation is 1. The molecule has 12 heavy (non-hydrogen) atoms. The second-order valence-electron chi connectivity index (χ2n) is 3.57. The van der Waals surface area contributed by atoms with E-state index in [9.17, 15) is 5.11 Å². The van der Waals surface area contributed by atoms with E-state index in [-0.39, 0.29) is 5.41 Å². The molecule has 0 unspecified atom stereocenters. The molecule has 1 aromatic rings. The van der Waals surface area contributed by atoms with Crippen molar-refractivity contribution in [3.8, 4) is 0 Å². The van der Waals surface area contributed by atoms with Crippen molar-refractivity contribution in [3.05, 3.63) is 21.9 Å². The number of thiophene rings is 1. The van der Waals surface area contributed by atoms with E-state index in [0.29, 0.717) is 6.61 Å². The largest absolute Gasteiger partial charge is 0.395 e. The molecule has 1 aliphatic carbocycles. The minimum Gasteiger partial charge on any atom is -0.395 e. The highest BCUT2D eigenvalue weighted by Crippen LogP contribution is 2.50. The normalized spacial score (nSPS) is 19.5. The Bertz CT molecular complexity index is 273. The molecule has 0 bridgehead atoms. The second-order valence-corrected chi connectivity index (χ2v) is 4.48. The molecule has 0 aliphatic heterocycles. The van der Waals surface area contributed by atoms with E-state index in [1.54, 1.807) is 0 Å². The van der Waals surface area contributed by atoms with Gasteiger partial charge in [0.25, 0.3) is 0 Å². The highest BCUT2D eigenvalue weighted by molar-refractivity contribution is 7.10. The van der Waals surface area contributed by atoms with E-state index in [2.05, 4.69) is 18.4 Å². The van der Waals surface area contributed by atoms with Gasteiger partial charge in [0.05, 0.1) is 6.61 Å². The van der Waals surface area contributed by atoms with Crippen LogP contribution in [0.4, 0.5) is 0 Å². The molecule has 0 amide bonds. The van der Waals surface area contributed by atoms with E-state index in [0.717, 1.165) is 6.42 Å². The maximum absolute atomic E-state index is 9.25. The van der Waals surface area contributed by atoms with Crippen molar-refractivity contribution >= 4 is 11.3 Å². The molecule has 66 valence electrons. The molecule has 1 heterocycles. The summed E-state index contributed by atoms with van der Waals surface area (Å²) in [5.41, 5.74) is 1.62. The van der Waals surface area contributed by atoms with Crippen molar-refractivity contribution in [1.29, 1.82) is 0 Å². The van der Waals surface area contributed by atoms with Crippen LogP contribution < -0.4 is 0 Å². The van der Waals surface area contributed by atoms with Crippen LogP contribution in [0.2, 0.25) is 0 Å². The van der Waals surface area contributed by atoms with Gasteiger partial charge in [-0.2, -0.15) is 0 Å². The van der Waals surface area contributed by atoms with Crippen molar-refractivity contribution in [2.24, 2.45) is 0 Å². The fourth-order valence-electron chi connectivity index (χ4n) is 1.69. The molecule has 0 aromatic carbocycles. The summed E-state index contributed by atoms with van der Waals surface area (Å²) in [7, 11) is 0. The van der Waals surface area contributed by atoms with Crippen molar-refractivity contribution in [3.63, 3.8) is 0 Å². The highest BCUT2D eigenvalue weighted by Gasteiger charge is 2.45. The summed E-state index contributed by atoms with van der Waals surface area (Å²) in [6.45, 7) is 2.51. The lowest BCUT2D eigenvalue weighted by Gasteiger charge is -2.11. The predicted octanol–water partition coefficient (Wildman–Crippen LogP) is 2.33. The number of aliphatic hydroxyl groups excluding tert-OH is 1. The lowest BCUT2D eigenvalue weighted by Crippen LogP contribution is -2.11. The molecule has 0 spiro atoms. The molecule has 1 aromatic heterocycles. The lowest BCUT2D eigenvalue weighted by atomic mass is 10.0. The van der Waals surface area contributed by atoms with Gasteiger partial charge in [0.2, 0.25) is 0 Å². The van der Waals surface area contributed by atoms with Gasteiger partial charge in [0, 0.05) is 10.3 Å². The average Bonchev–Trinajstić information content (AvgIpc) is 2.76. The van der Waals surface area contributed by atoms with Gasteiger partial charge in [-0.25, -0.2) is 0 Å². The molecule has 1 saturated carbocycles. The van der Waals surface area contributed by atoms with Gasteiger partial charge in [-0.1, -0.05) is 6.92 Å². The summed E-state index contributed by atoms with van der Waals surface area (Å²) < 4.78 is 0. The standard InChI is InChI=1S/C10H14OS/c1-2-8-3-6-12-9(8)10(7-11)4-5-10/h3,6,11H,2,4-5,7H2,1H3. The van der Waals surface area contributed by atoms with Gasteiger partial charge in [-0.3, -0.25) is 0 Å². The van der Waals surface area contributed by atoms with E-state index in [1.165, 1.54) is 23.3 Å². The summed E-state index contributed by atoms with van der Waals surface area (Å²) >= 11 is 1.81. The first kappa shape index (κ1) is 8.27. The Labute approximate surface area is 77.0 Å². The molecular formula is C10H14OS. The Kier molecular flexibility index (Phi) is 1.97. The van der Waals surface area contributed by atoms with Crippen LogP contribution in [-0.4, -0.2) is 11.7 Å². The molecule has 1 aliphatic rings. The molecule has 0 atom stereocenters. The fourth-order valence-corrected chi connectivity index (χ4v) is 2.94. The third-order valence-electron chi connectivity index (χ3n) is 2.77. The number of hydrogen-bond donors (Lipinski definition) is 1. The Balaban J connectivity index is 2.32. The number of hydrogen-bond acceptors (Lipinski definition) is 2. The first-order chi connectivity index (χ1) is 5.82. The molecule has 2 rings (SSSR count). The molecule has 1 nitrogen and oxygen atoms in total. The van der Waals surface area contributed by atoms with Crippen LogP contribution in [0.5, 0.6) is 0 Å². The van der Waals surface area contributed by atoms with Crippen LogP contribution in [0.3, 0.4) is 0 Å². The molecule has 2 heteroatoms. The Hall–Kier alpha value is -0.340. The fraction of sp³-hybridized carbons (Fsp3) is 0.600. The monoisotopic (exact) mass is 182 g/mol. The Morgan fingerprint density at radius 1 is 1.58 bits per heavy atom. The molecule has 1 fully saturated rings. The SMILES string of the molecule is CCc1ccsc1C1(CO)CC1. The minimum atomic E-state index is 0.180. The van der Waals surface area contributed by atoms with Crippen LogP contribution in [0, 0.1) is 0 Å². The quantitative estimate of drug-likeness (QED) is 0.760. The summed E-state index contributed by atoms with van der Waals surface area (Å²) in [6, 6.07) is 2.19. The van der Waals surface area contributed by atoms with E-state index >= 15 is 0 Å². The van der Waals surface area contributed by atoms with Gasteiger partial charge < -0.3 is 5.11 Å². The highest BCUT2D eigenvalue weighted by atomic mass is 32.1. The summed E-state index contributed by atoms with van der Waals surface area (Å²) in [6.07, 6.45) is 3.45. The molecular weight excluding hydrogens is 168 g/mol. The minimum absolute atomic E-state index is 0.180. The van der Waals surface area contributed by atoms with Crippen LogP contribution in [0.25, 0.3) is 0 Å². The Morgan fingerprint density at radius 3 is 2.83 bits per heavy atom. The third kappa shape index (κ3) is 1.10. The number of aliphatic hydroxyl groups is 1. The van der Waals surface area contributed by atoms with Gasteiger partial charge >= 0.3 is 0 Å². The van der Waals surface area contributed by atoms with Crippen molar-refractivity contribution in [2.75, 3.05) is 6.61 Å². The predicted molar refractivity (Wildman–Crippen MR) is 51.7 cm³/mol. The molecule has 0 saturated heterocycles. The summed E-state index contributed by atoms with van der Waals surface area (Å²) in [4.78, 5) is 1.44. The van der Waals surface area contributed by atoms with Crippen LogP contribution >= 0.6 is 11.3 Å². The smallest absolute Gasteiger partial charge is 0.0535 e. The van der Waals surface area contributed by atoms with Gasteiger partial charge in [-0.05, 0) is 36.3 Å². The zero-order valence-electron chi connectivity index (χ0n) is 7.34. The van der Waals surface area contributed by atoms with E-state index < -0.39 is 0 Å². The topological polar surface area (TPSA) is 20.2 Å². The molecule has 1 N–H and O–H groups in total. The average molecular weight is 182 g/mol. The zero-order chi connectivity index (χ0) is 8.60. The molecule has 0 radical (unpaired) electrons. The van der Waals surface area contributed by atoms with Gasteiger partial charge in [0.15, 0.2) is 0 Å². The summed E-state index contributed by atoms with van der Waals surface area (Å²) in [5, 5.41) is 11.4. The van der Waals surface area contributed by atoms with Crippen molar-refractivity contribution in [2.45, 2.75) is 31.6 Å². The van der Waals surface area contributed by atoms with Crippen LogP contribution in [-0.2, 0) is 11.8 Å². The van der Waals surface area contributed by atoms with Crippen molar-refractivity contribution in [1.82, 2.24) is 0 Å². The van der Waals surface area contributed by atoms with E-state index in [4.69, 9.17) is 0 Å². The summed E-state index contributed by atoms with van der Waals surface area (Å²) in [5.74, 6) is 0. The Morgan fingerprint density at radius 2 is 2.33 bits per heavy atom.